The minimum absolute atomic E-state index is 0.421. The Morgan fingerprint density at radius 3 is 2.10 bits per heavy atom. The first-order valence-corrected chi connectivity index (χ1v) is 22.4. The Labute approximate surface area is 347 Å². The highest BCUT2D eigenvalue weighted by Crippen LogP contribution is 2.63. The van der Waals surface area contributed by atoms with E-state index in [1.807, 2.05) is 18.2 Å². The molecule has 1 spiro atoms. The summed E-state index contributed by atoms with van der Waals surface area (Å²) in [5, 5.41) is 5.07. The van der Waals surface area contributed by atoms with Gasteiger partial charge in [-0.1, -0.05) is 142 Å². The van der Waals surface area contributed by atoms with Crippen LogP contribution in [0.3, 0.4) is 0 Å². The zero-order valence-electron chi connectivity index (χ0n) is 31.6. The number of benzene rings is 6. The number of aromatic nitrogens is 3. The summed E-state index contributed by atoms with van der Waals surface area (Å²) in [7, 11) is 0. The molecule has 5 heteroatoms. The molecule has 276 valence electrons. The van der Waals surface area contributed by atoms with Crippen LogP contribution in [-0.2, 0) is 5.41 Å². The van der Waals surface area contributed by atoms with Crippen molar-refractivity contribution >= 4 is 56.9 Å². The molecule has 1 atom stereocenters. The van der Waals surface area contributed by atoms with Gasteiger partial charge in [-0.05, 0) is 122 Å². The number of nitrogens with zero attached hydrogens (tertiary/aromatic N) is 3. The number of hydrogen-bond acceptors (Lipinski definition) is 4. The lowest BCUT2D eigenvalue weighted by Gasteiger charge is -2.43. The second-order valence-electron chi connectivity index (χ2n) is 15.5. The number of fused-ring (bicyclic) bond motifs is 10. The first-order valence-electron chi connectivity index (χ1n) is 20.1. The third-order valence-electron chi connectivity index (χ3n) is 12.2. The Balaban J connectivity index is 1.01. The molecule has 0 radical (unpaired) electrons. The molecule has 3 aliphatic carbocycles. The summed E-state index contributed by atoms with van der Waals surface area (Å²) < 4.78 is 10.7. The second-order valence-corrected chi connectivity index (χ2v) is 17.9. The minimum Gasteiger partial charge on any atom is -0.457 e. The Morgan fingerprint density at radius 2 is 1.28 bits per heavy atom. The summed E-state index contributed by atoms with van der Waals surface area (Å²) in [4.78, 5) is 15.4. The molecule has 6 aromatic carbocycles. The fourth-order valence-electron chi connectivity index (χ4n) is 9.55. The van der Waals surface area contributed by atoms with E-state index in [0.29, 0.717) is 17.5 Å². The molecule has 2 aliphatic heterocycles. The zero-order chi connectivity index (χ0) is 38.2. The Kier molecular flexibility index (Phi) is 7.80. The lowest BCUT2D eigenvalue weighted by Crippen LogP contribution is -2.37. The average molecular weight is 858 g/mol. The first kappa shape index (κ1) is 33.8. The van der Waals surface area contributed by atoms with Crippen molar-refractivity contribution in [3.8, 4) is 28.5 Å². The molecule has 0 saturated carbocycles. The number of ether oxygens (including phenoxy) is 1. The molecule has 0 amide bonds. The van der Waals surface area contributed by atoms with E-state index < -0.39 is 26.1 Å². The van der Waals surface area contributed by atoms with Crippen molar-refractivity contribution < 1.29 is 4.74 Å². The summed E-state index contributed by atoms with van der Waals surface area (Å²) in [6.45, 7) is 0. The minimum atomic E-state index is -0.468. The Hall–Kier alpha value is -6.31. The third kappa shape index (κ3) is 5.26. The van der Waals surface area contributed by atoms with Crippen LogP contribution >= 0.6 is 20.7 Å². The van der Waals surface area contributed by atoms with Gasteiger partial charge in [0.2, 0.25) is 0 Å². The van der Waals surface area contributed by atoms with Crippen LogP contribution in [-0.4, -0.2) is 18.5 Å². The third-order valence-corrected chi connectivity index (χ3v) is 14.9. The van der Waals surface area contributed by atoms with Gasteiger partial charge in [-0.3, -0.25) is 0 Å². The zero-order valence-corrected chi connectivity index (χ0v) is 33.8. The van der Waals surface area contributed by atoms with E-state index in [4.69, 9.17) is 19.7 Å². The number of allylic oxidation sites excluding steroid dienone is 10. The molecule has 1 aromatic heterocycles. The van der Waals surface area contributed by atoms with Gasteiger partial charge in [-0.15, -0.1) is 0 Å². The fourth-order valence-corrected chi connectivity index (χ4v) is 11.8. The van der Waals surface area contributed by atoms with Crippen molar-refractivity contribution in [3.05, 3.63) is 213 Å². The van der Waals surface area contributed by atoms with Crippen LogP contribution in [0.15, 0.2) is 185 Å². The maximum atomic E-state index is 6.96. The van der Waals surface area contributed by atoms with Crippen LogP contribution in [0.25, 0.3) is 55.5 Å². The number of halogens is 1. The SMILES string of the molecule is C1=CC2=C(CC1)c1cc3ccccc3cc1C21C2=CCCC=C2Oc2cc(-c3nc(C4=CI=C(c5ccc6ccccc6c5)C=C4)nc(-c4ccccc4)n3)ccc21. The van der Waals surface area contributed by atoms with E-state index in [1.54, 1.807) is 0 Å². The molecule has 0 saturated heterocycles. The van der Waals surface area contributed by atoms with E-state index in [2.05, 4.69) is 150 Å². The summed E-state index contributed by atoms with van der Waals surface area (Å²) in [5.74, 6) is 3.80. The highest BCUT2D eigenvalue weighted by molar-refractivity contribution is 14.2. The summed E-state index contributed by atoms with van der Waals surface area (Å²) in [6, 6.07) is 45.9. The van der Waals surface area contributed by atoms with Crippen LogP contribution in [0.1, 0.15) is 53.8 Å². The smallest absolute Gasteiger partial charge is 0.164 e. The lowest BCUT2D eigenvalue weighted by molar-refractivity contribution is 0.383. The topological polar surface area (TPSA) is 47.9 Å². The van der Waals surface area contributed by atoms with Gasteiger partial charge in [-0.2, -0.15) is 0 Å². The van der Waals surface area contributed by atoms with Crippen molar-refractivity contribution in [2.75, 3.05) is 0 Å². The number of rotatable bonds is 4. The van der Waals surface area contributed by atoms with Crippen molar-refractivity contribution in [3.63, 3.8) is 0 Å². The highest BCUT2D eigenvalue weighted by atomic mass is 127. The molecule has 7 aromatic rings. The fraction of sp³-hybridized carbons (Fsp3) is 0.0943. The van der Waals surface area contributed by atoms with Gasteiger partial charge in [0.1, 0.15) is 11.5 Å². The first-order chi connectivity index (χ1) is 28.7. The van der Waals surface area contributed by atoms with Gasteiger partial charge in [0.15, 0.2) is 17.5 Å². The van der Waals surface area contributed by atoms with Crippen molar-refractivity contribution in [2.24, 2.45) is 0 Å². The average Bonchev–Trinajstić information content (AvgIpc) is 3.57. The van der Waals surface area contributed by atoms with E-state index in [-0.39, 0.29) is 0 Å². The Bertz CT molecular complexity index is 3150. The maximum absolute atomic E-state index is 6.96. The molecule has 4 nitrogen and oxygen atoms in total. The van der Waals surface area contributed by atoms with E-state index in [0.717, 1.165) is 53.9 Å². The molecule has 0 fully saturated rings. The standard InChI is InChI=1S/C53H36IN3O/c1-2-13-34(14-3-1)50-55-51(57-52(56-50)40-25-27-47(54-32-40)38-23-22-33-12-4-5-15-35(33)28-38)39-24-26-45-49(31-39)58-48-21-11-10-20-44(48)53(45)43-19-9-8-18-41(43)42-29-36-16-6-7-17-37(36)30-46(42)53/h1-7,9,12-17,19-32H,8,10-11,18H2. The molecule has 3 heterocycles. The van der Waals surface area contributed by atoms with Crippen LogP contribution in [0.2, 0.25) is 0 Å². The normalized spacial score (nSPS) is 19.0. The summed E-state index contributed by atoms with van der Waals surface area (Å²) >= 11 is -0.421. The van der Waals surface area contributed by atoms with Gasteiger partial charge in [-0.25, -0.2) is 15.0 Å². The van der Waals surface area contributed by atoms with Gasteiger partial charge in [0.25, 0.3) is 0 Å². The molecule has 58 heavy (non-hydrogen) atoms. The van der Waals surface area contributed by atoms with E-state index in [1.165, 1.54) is 64.0 Å². The maximum Gasteiger partial charge on any atom is 0.164 e. The van der Waals surface area contributed by atoms with Crippen molar-refractivity contribution in [1.29, 1.82) is 0 Å². The van der Waals surface area contributed by atoms with Crippen LogP contribution in [0.4, 0.5) is 0 Å². The van der Waals surface area contributed by atoms with E-state index >= 15 is 0 Å². The van der Waals surface area contributed by atoms with E-state index in [9.17, 15) is 0 Å². The number of hydrogen-bond donors (Lipinski definition) is 0. The summed E-state index contributed by atoms with van der Waals surface area (Å²) in [6.07, 6.45) is 18.0. The lowest BCUT2D eigenvalue weighted by atomic mass is 9.63. The van der Waals surface area contributed by atoms with Crippen LogP contribution < -0.4 is 4.74 Å². The molecule has 0 bridgehead atoms. The van der Waals surface area contributed by atoms with Gasteiger partial charge < -0.3 is 4.74 Å². The second kappa shape index (κ2) is 13.4. The molecular formula is C53H36IN3O. The van der Waals surface area contributed by atoms with Crippen molar-refractivity contribution in [1.82, 2.24) is 15.0 Å². The molecular weight excluding hydrogens is 822 g/mol. The molecule has 12 rings (SSSR count). The molecule has 5 aliphatic rings. The monoisotopic (exact) mass is 857 g/mol. The highest BCUT2D eigenvalue weighted by Gasteiger charge is 2.53. The Morgan fingerprint density at radius 1 is 0.552 bits per heavy atom. The quantitative estimate of drug-likeness (QED) is 0.165. The van der Waals surface area contributed by atoms with Gasteiger partial charge >= 0.3 is 0 Å². The van der Waals surface area contributed by atoms with Gasteiger partial charge in [0, 0.05) is 31.3 Å². The molecule has 1 unspecified atom stereocenters. The van der Waals surface area contributed by atoms with Gasteiger partial charge in [0.05, 0.1) is 5.41 Å². The molecule has 0 N–H and O–H groups in total. The largest absolute Gasteiger partial charge is 0.457 e. The predicted octanol–water partition coefficient (Wildman–Crippen LogP) is 13.0. The summed E-state index contributed by atoms with van der Waals surface area (Å²) in [5.41, 5.74) is 11.7. The van der Waals surface area contributed by atoms with Crippen molar-refractivity contribution in [2.45, 2.75) is 31.1 Å². The predicted molar refractivity (Wildman–Crippen MR) is 246 cm³/mol. The van der Waals surface area contributed by atoms with Crippen LogP contribution in [0.5, 0.6) is 5.75 Å². The van der Waals surface area contributed by atoms with Crippen LogP contribution in [0, 0.1) is 0 Å².